The molecule has 1 aliphatic heterocycles. The van der Waals surface area contributed by atoms with Crippen LogP contribution in [-0.2, 0) is 4.74 Å². The van der Waals surface area contributed by atoms with Crippen molar-refractivity contribution in [2.75, 3.05) is 19.7 Å². The van der Waals surface area contributed by atoms with Gasteiger partial charge in [-0.1, -0.05) is 17.1 Å². The molecule has 2 fully saturated rings. The van der Waals surface area contributed by atoms with Crippen LogP contribution < -0.4 is 4.74 Å². The van der Waals surface area contributed by atoms with Gasteiger partial charge in [-0.3, -0.25) is 4.98 Å². The number of rotatable bonds is 6. The molecule has 0 bridgehead atoms. The normalized spacial score (nSPS) is 16.5. The van der Waals surface area contributed by atoms with Crippen LogP contribution in [0.1, 0.15) is 75.6 Å². The van der Waals surface area contributed by atoms with Crippen LogP contribution in [0.4, 0.5) is 9.18 Å². The molecule has 6 rings (SSSR count). The Morgan fingerprint density at radius 2 is 1.95 bits per heavy atom. The first-order valence-electron chi connectivity index (χ1n) is 14.9. The zero-order valence-corrected chi connectivity index (χ0v) is 25.3. The summed E-state index contributed by atoms with van der Waals surface area (Å²) in [5.74, 6) is 6.88. The van der Waals surface area contributed by atoms with Crippen molar-refractivity contribution in [2.45, 2.75) is 71.1 Å². The Balaban J connectivity index is 1.30. The molecule has 1 N–H and O–H groups in total. The second kappa shape index (κ2) is 11.9. The van der Waals surface area contributed by atoms with E-state index in [0.717, 1.165) is 43.1 Å². The maximum Gasteiger partial charge on any atom is 0.410 e. The number of fused-ring (bicyclic) bond motifs is 1. The number of hydrogen-bond acceptors (Lipinski definition) is 8. The van der Waals surface area contributed by atoms with E-state index in [-0.39, 0.29) is 18.7 Å². The molecule has 1 aliphatic carbocycles. The van der Waals surface area contributed by atoms with Crippen molar-refractivity contribution in [1.82, 2.24) is 34.5 Å². The molecule has 4 aromatic rings. The number of piperidine rings is 1. The summed E-state index contributed by atoms with van der Waals surface area (Å²) in [4.78, 5) is 18.4. The third-order valence-electron chi connectivity index (χ3n) is 7.74. The number of likely N-dealkylation sites (tertiary alicyclic amines) is 1. The van der Waals surface area contributed by atoms with Crippen LogP contribution in [0.15, 0.2) is 36.8 Å². The van der Waals surface area contributed by atoms with E-state index in [9.17, 15) is 14.3 Å². The molecular formula is C32H36FN7O4. The summed E-state index contributed by atoms with van der Waals surface area (Å²) in [5.41, 5.74) is 3.46. The van der Waals surface area contributed by atoms with Crippen LogP contribution in [0.2, 0.25) is 0 Å². The lowest BCUT2D eigenvalue weighted by atomic mass is 10.0. The lowest BCUT2D eigenvalue weighted by molar-refractivity contribution is 0.0183. The lowest BCUT2D eigenvalue weighted by Crippen LogP contribution is -2.42. The number of aliphatic hydroxyl groups excluding tert-OH is 1. The Morgan fingerprint density at radius 3 is 2.61 bits per heavy atom. The van der Waals surface area contributed by atoms with Gasteiger partial charge in [0, 0.05) is 30.8 Å². The van der Waals surface area contributed by atoms with Crippen LogP contribution in [0.5, 0.6) is 5.75 Å². The van der Waals surface area contributed by atoms with Crippen LogP contribution >= 0.6 is 0 Å². The first kappa shape index (κ1) is 29.6. The molecule has 0 radical (unpaired) electrons. The van der Waals surface area contributed by atoms with Gasteiger partial charge in [0.05, 0.1) is 42.0 Å². The number of nitrogens with zero attached hydrogens (tertiary/aromatic N) is 7. The van der Waals surface area contributed by atoms with Crippen molar-refractivity contribution in [2.24, 2.45) is 5.92 Å². The van der Waals surface area contributed by atoms with E-state index in [0.29, 0.717) is 47.2 Å². The minimum absolute atomic E-state index is 0.0757. The third-order valence-corrected chi connectivity index (χ3v) is 7.74. The third kappa shape index (κ3) is 6.38. The molecular weight excluding hydrogens is 565 g/mol. The summed E-state index contributed by atoms with van der Waals surface area (Å²) >= 11 is 0. The molecule has 0 spiro atoms. The number of pyridine rings is 2. The number of hydrogen-bond donors (Lipinski definition) is 1. The first-order chi connectivity index (χ1) is 21.1. The Morgan fingerprint density at radius 1 is 1.18 bits per heavy atom. The molecule has 44 heavy (non-hydrogen) atoms. The maximum atomic E-state index is 13.6. The number of halogens is 1. The van der Waals surface area contributed by atoms with Gasteiger partial charge in [-0.15, -0.1) is 5.10 Å². The predicted molar refractivity (Wildman–Crippen MR) is 159 cm³/mol. The van der Waals surface area contributed by atoms with Gasteiger partial charge in [0.25, 0.3) is 0 Å². The van der Waals surface area contributed by atoms with E-state index in [2.05, 4.69) is 32.2 Å². The molecule has 2 aliphatic rings. The van der Waals surface area contributed by atoms with E-state index in [1.165, 1.54) is 12.1 Å². The molecule has 11 nitrogen and oxygen atoms in total. The summed E-state index contributed by atoms with van der Waals surface area (Å²) in [6.45, 7) is 8.31. The van der Waals surface area contributed by atoms with E-state index < -0.39 is 17.5 Å². The van der Waals surface area contributed by atoms with Crippen molar-refractivity contribution in [3.8, 4) is 28.8 Å². The zero-order valence-electron chi connectivity index (χ0n) is 25.3. The highest BCUT2D eigenvalue weighted by Gasteiger charge is 2.30. The molecule has 0 aromatic carbocycles. The first-order valence-corrected chi connectivity index (χ1v) is 14.9. The van der Waals surface area contributed by atoms with Gasteiger partial charge in [-0.2, -0.15) is 5.10 Å². The fourth-order valence-corrected chi connectivity index (χ4v) is 5.30. The summed E-state index contributed by atoms with van der Waals surface area (Å²) in [6.07, 6.45) is 7.15. The highest BCUT2D eigenvalue weighted by Crippen LogP contribution is 2.35. The van der Waals surface area contributed by atoms with E-state index >= 15 is 0 Å². The monoisotopic (exact) mass is 601 g/mol. The van der Waals surface area contributed by atoms with Gasteiger partial charge in [0.1, 0.15) is 28.4 Å². The summed E-state index contributed by atoms with van der Waals surface area (Å²) in [5, 5.41) is 23.8. The molecule has 12 heteroatoms. The average Bonchev–Trinajstić information content (AvgIpc) is 3.61. The van der Waals surface area contributed by atoms with Gasteiger partial charge in [0.15, 0.2) is 6.10 Å². The number of amides is 1. The minimum Gasteiger partial charge on any atom is -0.479 e. The topological polar surface area (TPSA) is 120 Å². The van der Waals surface area contributed by atoms with Gasteiger partial charge in [0.2, 0.25) is 0 Å². The fraction of sp³-hybridized carbons (Fsp3) is 0.469. The molecule has 4 aromatic heterocycles. The van der Waals surface area contributed by atoms with Crippen LogP contribution in [-0.4, -0.2) is 71.0 Å². The van der Waals surface area contributed by atoms with Gasteiger partial charge in [-0.05, 0) is 71.6 Å². The highest BCUT2D eigenvalue weighted by molar-refractivity contribution is 5.75. The summed E-state index contributed by atoms with van der Waals surface area (Å²) < 4.78 is 29.1. The second-order valence-corrected chi connectivity index (χ2v) is 12.3. The zero-order chi connectivity index (χ0) is 31.0. The van der Waals surface area contributed by atoms with Crippen molar-refractivity contribution in [3.05, 3.63) is 59.6 Å². The molecule has 230 valence electrons. The number of aliphatic hydroxyl groups is 1. The maximum absolute atomic E-state index is 13.6. The van der Waals surface area contributed by atoms with Crippen molar-refractivity contribution in [3.63, 3.8) is 0 Å². The van der Waals surface area contributed by atoms with Crippen LogP contribution in [0.25, 0.3) is 16.8 Å². The van der Waals surface area contributed by atoms with Gasteiger partial charge < -0.3 is 19.5 Å². The van der Waals surface area contributed by atoms with Gasteiger partial charge >= 0.3 is 6.09 Å². The quantitative estimate of drug-likeness (QED) is 0.311. The van der Waals surface area contributed by atoms with Crippen LogP contribution in [0, 0.1) is 30.5 Å². The molecule has 1 saturated heterocycles. The average molecular weight is 602 g/mol. The molecule has 1 amide bonds. The van der Waals surface area contributed by atoms with E-state index in [4.69, 9.17) is 9.47 Å². The summed E-state index contributed by atoms with van der Waals surface area (Å²) in [6, 6.07) is 4.70. The number of carbonyl (C=O) groups is 1. The van der Waals surface area contributed by atoms with E-state index in [1.54, 1.807) is 15.6 Å². The Bertz CT molecular complexity index is 1720. The number of aromatic nitrogens is 6. The van der Waals surface area contributed by atoms with Crippen molar-refractivity contribution >= 4 is 11.6 Å². The van der Waals surface area contributed by atoms with Crippen LogP contribution in [0.3, 0.4) is 0 Å². The number of carbonyl (C=O) groups excluding carboxylic acids is 1. The predicted octanol–water partition coefficient (Wildman–Crippen LogP) is 4.88. The second-order valence-electron chi connectivity index (χ2n) is 12.3. The highest BCUT2D eigenvalue weighted by atomic mass is 19.1. The summed E-state index contributed by atoms with van der Waals surface area (Å²) in [7, 11) is 0. The Labute approximate surface area is 255 Å². The SMILES string of the molecule is Cc1c(-c2cc(OC(CO)c3ccc(F)cn3)c3c(C#CC4CC4)cnn3c2)nnn1C1CCN(C(=O)OC(C)(C)C)CC1. The minimum atomic E-state index is -0.847. The molecule has 1 unspecified atom stereocenters. The Kier molecular flexibility index (Phi) is 7.98. The van der Waals surface area contributed by atoms with Crippen molar-refractivity contribution < 1.29 is 23.8 Å². The van der Waals surface area contributed by atoms with E-state index in [1.807, 2.05) is 44.6 Å². The lowest BCUT2D eigenvalue weighted by Gasteiger charge is -2.33. The van der Waals surface area contributed by atoms with Crippen molar-refractivity contribution in [1.29, 1.82) is 0 Å². The fourth-order valence-electron chi connectivity index (χ4n) is 5.30. The number of ether oxygens (including phenoxy) is 2. The standard InChI is InChI=1S/C32H36FN7O4/c1-20-29(36-37-40(20)25-11-13-38(14-12-25)31(42)44-32(2,3)4)23-15-27(43-28(19-41)26-10-9-24(33)17-34-26)30-22(8-7-21-5-6-21)16-35-39(30)18-23/h9-10,15-18,21,25,28,41H,5-6,11-14,19H2,1-4H3. The Hall–Kier alpha value is -4.50. The molecule has 1 saturated carbocycles. The van der Waals surface area contributed by atoms with Gasteiger partial charge in [-0.25, -0.2) is 18.4 Å². The smallest absolute Gasteiger partial charge is 0.410 e. The molecule has 5 heterocycles. The largest absolute Gasteiger partial charge is 0.479 e. The molecule has 1 atom stereocenters.